The van der Waals surface area contributed by atoms with E-state index in [-0.39, 0.29) is 16.7 Å². The molecule has 0 heterocycles. The zero-order valence-corrected chi connectivity index (χ0v) is 16.0. The third-order valence-corrected chi connectivity index (χ3v) is 6.34. The summed E-state index contributed by atoms with van der Waals surface area (Å²) in [5, 5.41) is 12.2. The molecule has 0 aromatic heterocycles. The average molecular weight is 415 g/mol. The SMILES string of the molecule is CS(=O)(=O)Nc1ccc(C(F)(F)F)cc1C(=O)NC12CCC(C#N)(CC1)CC2. The molecule has 2 N–H and O–H groups in total. The largest absolute Gasteiger partial charge is 0.416 e. The van der Waals surface area contributed by atoms with Crippen LogP contribution in [0, 0.1) is 16.7 Å². The zero-order chi connectivity index (χ0) is 20.8. The highest BCUT2D eigenvalue weighted by Gasteiger charge is 2.49. The van der Waals surface area contributed by atoms with Crippen molar-refractivity contribution in [2.75, 3.05) is 11.0 Å². The van der Waals surface area contributed by atoms with Crippen LogP contribution in [0.3, 0.4) is 0 Å². The molecule has 0 radical (unpaired) electrons. The molecule has 28 heavy (non-hydrogen) atoms. The van der Waals surface area contributed by atoms with Crippen molar-refractivity contribution < 1.29 is 26.4 Å². The lowest BCUT2D eigenvalue weighted by Crippen LogP contribution is -2.56. The maximum absolute atomic E-state index is 13.1. The number of carbonyl (C=O) groups excluding carboxylic acids is 1. The standard InChI is InChI=1S/C18H20F3N3O3S/c1-28(26,27)24-14-3-2-12(18(19,20)21)10-13(14)15(25)23-17-7-4-16(11-22,5-8-17)6-9-17/h2-3,10,24H,4-9H2,1H3,(H,23,25). The molecule has 0 saturated heterocycles. The van der Waals surface area contributed by atoms with E-state index in [2.05, 4.69) is 16.1 Å². The maximum atomic E-state index is 13.1. The van der Waals surface area contributed by atoms with Crippen LogP contribution in [-0.2, 0) is 16.2 Å². The fourth-order valence-corrected chi connectivity index (χ4v) is 4.62. The predicted molar refractivity (Wildman–Crippen MR) is 95.9 cm³/mol. The van der Waals surface area contributed by atoms with Gasteiger partial charge in [0.1, 0.15) is 0 Å². The summed E-state index contributed by atoms with van der Waals surface area (Å²) >= 11 is 0. The summed E-state index contributed by atoms with van der Waals surface area (Å²) in [6, 6.07) is 4.68. The number of nitrogens with zero attached hydrogens (tertiary/aromatic N) is 1. The first-order valence-corrected chi connectivity index (χ1v) is 10.7. The summed E-state index contributed by atoms with van der Waals surface area (Å²) in [6.45, 7) is 0. The van der Waals surface area contributed by atoms with Crippen molar-refractivity contribution in [3.8, 4) is 6.07 Å². The van der Waals surface area contributed by atoms with E-state index in [0.717, 1.165) is 18.4 Å². The van der Waals surface area contributed by atoms with Crippen molar-refractivity contribution in [1.82, 2.24) is 5.32 Å². The molecular weight excluding hydrogens is 395 g/mol. The minimum Gasteiger partial charge on any atom is -0.347 e. The Morgan fingerprint density at radius 3 is 2.18 bits per heavy atom. The van der Waals surface area contributed by atoms with Gasteiger partial charge in [0.15, 0.2) is 0 Å². The molecule has 0 aliphatic heterocycles. The second-order valence-electron chi connectivity index (χ2n) is 7.76. The Kier molecular flexibility index (Phi) is 4.86. The van der Waals surface area contributed by atoms with Gasteiger partial charge >= 0.3 is 6.18 Å². The summed E-state index contributed by atoms with van der Waals surface area (Å²) in [7, 11) is -3.79. The van der Waals surface area contributed by atoms with Crippen LogP contribution in [0.1, 0.15) is 54.4 Å². The van der Waals surface area contributed by atoms with Gasteiger partial charge in [0.05, 0.1) is 34.6 Å². The van der Waals surface area contributed by atoms with Crippen LogP contribution in [0.5, 0.6) is 0 Å². The third kappa shape index (κ3) is 4.09. The second-order valence-corrected chi connectivity index (χ2v) is 9.51. The van der Waals surface area contributed by atoms with Crippen LogP contribution in [0.2, 0.25) is 0 Å². The molecule has 1 amide bonds. The minimum atomic E-state index is -4.67. The number of alkyl halides is 3. The number of fused-ring (bicyclic) bond motifs is 3. The smallest absolute Gasteiger partial charge is 0.347 e. The van der Waals surface area contributed by atoms with Crippen LogP contribution in [0.4, 0.5) is 18.9 Å². The van der Waals surface area contributed by atoms with E-state index >= 15 is 0 Å². The highest BCUT2D eigenvalue weighted by Crippen LogP contribution is 2.52. The van der Waals surface area contributed by atoms with Gasteiger partial charge in [-0.15, -0.1) is 0 Å². The number of nitriles is 1. The van der Waals surface area contributed by atoms with Crippen molar-refractivity contribution in [3.05, 3.63) is 29.3 Å². The normalized spacial score (nSPS) is 27.1. The molecule has 0 unspecified atom stereocenters. The van der Waals surface area contributed by atoms with Gasteiger partial charge in [-0.25, -0.2) is 8.42 Å². The van der Waals surface area contributed by atoms with Crippen molar-refractivity contribution in [1.29, 1.82) is 5.26 Å². The highest BCUT2D eigenvalue weighted by atomic mass is 32.2. The van der Waals surface area contributed by atoms with Gasteiger partial charge in [-0.05, 0) is 56.7 Å². The number of carbonyl (C=O) groups is 1. The van der Waals surface area contributed by atoms with E-state index in [1.54, 1.807) is 0 Å². The quantitative estimate of drug-likeness (QED) is 0.787. The lowest BCUT2D eigenvalue weighted by Gasteiger charge is -2.50. The summed E-state index contributed by atoms with van der Waals surface area (Å²) in [5.74, 6) is -0.761. The molecular formula is C18H20F3N3O3S. The first-order valence-electron chi connectivity index (χ1n) is 8.80. The van der Waals surface area contributed by atoms with E-state index in [1.807, 2.05) is 0 Å². The van der Waals surface area contributed by atoms with Gasteiger partial charge in [-0.2, -0.15) is 18.4 Å². The van der Waals surface area contributed by atoms with Crippen LogP contribution >= 0.6 is 0 Å². The number of amides is 1. The molecule has 0 spiro atoms. The topological polar surface area (TPSA) is 99.1 Å². The van der Waals surface area contributed by atoms with Crippen LogP contribution in [0.15, 0.2) is 18.2 Å². The number of hydrogen-bond acceptors (Lipinski definition) is 4. The first kappa shape index (κ1) is 20.5. The highest BCUT2D eigenvalue weighted by molar-refractivity contribution is 7.92. The lowest BCUT2D eigenvalue weighted by molar-refractivity contribution is -0.137. The summed E-state index contributed by atoms with van der Waals surface area (Å²) in [6.07, 6.45) is -0.226. The number of nitrogens with one attached hydrogen (secondary N) is 2. The second kappa shape index (κ2) is 6.65. The number of halogens is 3. The molecule has 10 heteroatoms. The van der Waals surface area contributed by atoms with Crippen molar-refractivity contribution >= 4 is 21.6 Å². The molecule has 152 valence electrons. The molecule has 1 aromatic carbocycles. The van der Waals surface area contributed by atoms with Gasteiger partial charge < -0.3 is 5.32 Å². The van der Waals surface area contributed by atoms with E-state index in [9.17, 15) is 31.6 Å². The van der Waals surface area contributed by atoms with Gasteiger partial charge in [0.25, 0.3) is 5.91 Å². The summed E-state index contributed by atoms with van der Waals surface area (Å²) in [5.41, 5.74) is -2.57. The maximum Gasteiger partial charge on any atom is 0.416 e. The Labute approximate surface area is 161 Å². The molecule has 3 fully saturated rings. The first-order chi connectivity index (χ1) is 12.9. The van der Waals surface area contributed by atoms with E-state index in [1.165, 1.54) is 0 Å². The Morgan fingerprint density at radius 1 is 1.14 bits per heavy atom. The van der Waals surface area contributed by atoms with Crippen LogP contribution in [-0.4, -0.2) is 26.1 Å². The fraction of sp³-hybridized carbons (Fsp3) is 0.556. The third-order valence-electron chi connectivity index (χ3n) is 5.75. The lowest BCUT2D eigenvalue weighted by atomic mass is 9.58. The fourth-order valence-electron chi connectivity index (χ4n) is 4.05. The Morgan fingerprint density at radius 2 is 1.71 bits per heavy atom. The predicted octanol–water partition coefficient (Wildman–Crippen LogP) is 3.42. The number of hydrogen-bond donors (Lipinski definition) is 2. The zero-order valence-electron chi connectivity index (χ0n) is 15.2. The molecule has 2 bridgehead atoms. The van der Waals surface area contributed by atoms with E-state index < -0.39 is 33.2 Å². The molecule has 6 nitrogen and oxygen atoms in total. The molecule has 4 rings (SSSR count). The summed E-state index contributed by atoms with van der Waals surface area (Å²) < 4.78 is 64.5. The van der Waals surface area contributed by atoms with Crippen molar-refractivity contribution in [2.45, 2.75) is 50.2 Å². The van der Waals surface area contributed by atoms with Gasteiger partial charge in [0, 0.05) is 5.54 Å². The molecule has 3 saturated carbocycles. The number of sulfonamides is 1. The van der Waals surface area contributed by atoms with Crippen molar-refractivity contribution in [2.24, 2.45) is 5.41 Å². The monoisotopic (exact) mass is 415 g/mol. The summed E-state index contributed by atoms with van der Waals surface area (Å²) in [4.78, 5) is 12.9. The van der Waals surface area contributed by atoms with Gasteiger partial charge in [-0.3, -0.25) is 9.52 Å². The number of rotatable bonds is 4. The number of anilines is 1. The van der Waals surface area contributed by atoms with E-state index in [4.69, 9.17) is 0 Å². The molecule has 0 atom stereocenters. The Balaban J connectivity index is 1.91. The molecule has 3 aliphatic carbocycles. The average Bonchev–Trinajstić information content (AvgIpc) is 2.61. The van der Waals surface area contributed by atoms with E-state index in [0.29, 0.717) is 44.6 Å². The molecule has 3 aliphatic rings. The van der Waals surface area contributed by atoms with Crippen molar-refractivity contribution in [3.63, 3.8) is 0 Å². The molecule has 1 aromatic rings. The van der Waals surface area contributed by atoms with Gasteiger partial charge in [0.2, 0.25) is 10.0 Å². The van der Waals surface area contributed by atoms with Crippen LogP contribution < -0.4 is 10.0 Å². The van der Waals surface area contributed by atoms with Crippen LogP contribution in [0.25, 0.3) is 0 Å². The minimum absolute atomic E-state index is 0.206. The van der Waals surface area contributed by atoms with Gasteiger partial charge in [-0.1, -0.05) is 0 Å². The Bertz CT molecular complexity index is 927. The number of benzene rings is 1. The Hall–Kier alpha value is -2.28.